The van der Waals surface area contributed by atoms with Gasteiger partial charge in [0.1, 0.15) is 12.7 Å². The van der Waals surface area contributed by atoms with Gasteiger partial charge in [-0.25, -0.2) is 4.79 Å². The Bertz CT molecular complexity index is 597. The summed E-state index contributed by atoms with van der Waals surface area (Å²) in [6.07, 6.45) is 4.42. The predicted molar refractivity (Wildman–Crippen MR) is 93.6 cm³/mol. The highest BCUT2D eigenvalue weighted by Crippen LogP contribution is 2.61. The molecule has 5 heteroatoms. The number of allylic oxidation sites excluding steroid dienone is 2. The van der Waals surface area contributed by atoms with Gasteiger partial charge in [-0.2, -0.15) is 0 Å². The van der Waals surface area contributed by atoms with E-state index >= 15 is 0 Å². The van der Waals surface area contributed by atoms with Crippen molar-refractivity contribution in [1.29, 1.82) is 0 Å². The number of cyclic esters (lactones) is 1. The normalized spacial score (nSPS) is 46.2. The molecular weight excluding hydrogens is 320 g/mol. The molecule has 0 aromatic rings. The molecule has 0 unspecified atom stereocenters. The third-order valence-electron chi connectivity index (χ3n) is 7.23. The average Bonchev–Trinajstić information content (AvgIpc) is 2.89. The quantitative estimate of drug-likeness (QED) is 0.411. The molecular formula is C20H30O5. The summed E-state index contributed by atoms with van der Waals surface area (Å²) in [6.45, 7) is 8.50. The van der Waals surface area contributed by atoms with E-state index in [1.807, 2.05) is 13.0 Å². The van der Waals surface area contributed by atoms with Crippen molar-refractivity contribution < 1.29 is 24.9 Å². The van der Waals surface area contributed by atoms with Crippen LogP contribution in [-0.4, -0.2) is 46.7 Å². The topological polar surface area (TPSA) is 87.0 Å². The van der Waals surface area contributed by atoms with Crippen molar-refractivity contribution in [2.24, 2.45) is 22.7 Å². The Hall–Kier alpha value is -1.17. The van der Waals surface area contributed by atoms with Gasteiger partial charge < -0.3 is 20.1 Å². The van der Waals surface area contributed by atoms with Gasteiger partial charge >= 0.3 is 5.97 Å². The molecule has 1 heterocycles. The van der Waals surface area contributed by atoms with Gasteiger partial charge in [-0.1, -0.05) is 32.1 Å². The van der Waals surface area contributed by atoms with Gasteiger partial charge in [-0.05, 0) is 49.4 Å². The molecule has 0 radical (unpaired) electrons. The first-order valence-corrected chi connectivity index (χ1v) is 9.26. The minimum atomic E-state index is -0.844. The van der Waals surface area contributed by atoms with Crippen molar-refractivity contribution in [3.8, 4) is 0 Å². The van der Waals surface area contributed by atoms with Crippen molar-refractivity contribution in [1.82, 2.24) is 0 Å². The molecule has 5 nitrogen and oxygen atoms in total. The number of fused-ring (bicyclic) bond motifs is 1. The number of esters is 1. The SMILES string of the molecule is C=C1CC[C@H]2[C@](C)(CC[C@H](O)[C@@]2(C)CO)[C@@H]1C/C=C1\C(=O)OC[C@@H]1O. The Balaban J connectivity index is 1.89. The number of ether oxygens (including phenoxy) is 1. The van der Waals surface area contributed by atoms with Crippen molar-refractivity contribution in [2.75, 3.05) is 13.2 Å². The molecule has 1 aliphatic heterocycles. The number of rotatable bonds is 3. The molecule has 1 saturated heterocycles. The van der Waals surface area contributed by atoms with Gasteiger partial charge in [0.15, 0.2) is 0 Å². The summed E-state index contributed by atoms with van der Waals surface area (Å²) in [7, 11) is 0. The van der Waals surface area contributed by atoms with Crippen molar-refractivity contribution >= 4 is 5.97 Å². The van der Waals surface area contributed by atoms with Crippen LogP contribution in [0.3, 0.4) is 0 Å². The molecule has 0 aromatic heterocycles. The van der Waals surface area contributed by atoms with Gasteiger partial charge in [0.2, 0.25) is 0 Å². The second-order valence-electron chi connectivity index (χ2n) is 8.54. The van der Waals surface area contributed by atoms with E-state index in [4.69, 9.17) is 4.74 Å². The van der Waals surface area contributed by atoms with E-state index in [1.165, 1.54) is 0 Å². The van der Waals surface area contributed by atoms with Crippen molar-refractivity contribution in [3.05, 3.63) is 23.8 Å². The number of aliphatic hydroxyl groups excluding tert-OH is 3. The van der Waals surface area contributed by atoms with Crippen LogP contribution in [0, 0.1) is 22.7 Å². The van der Waals surface area contributed by atoms with Crippen LogP contribution >= 0.6 is 0 Å². The van der Waals surface area contributed by atoms with Crippen LogP contribution in [0.5, 0.6) is 0 Å². The van der Waals surface area contributed by atoms with Crippen LogP contribution in [-0.2, 0) is 9.53 Å². The zero-order valence-electron chi connectivity index (χ0n) is 15.2. The predicted octanol–water partition coefficient (Wildman–Crippen LogP) is 1.96. The number of hydrogen-bond acceptors (Lipinski definition) is 5. The lowest BCUT2D eigenvalue weighted by Crippen LogP contribution is -2.57. The molecule has 0 amide bonds. The highest BCUT2D eigenvalue weighted by molar-refractivity contribution is 5.91. The average molecular weight is 350 g/mol. The molecule has 6 atom stereocenters. The molecule has 2 saturated carbocycles. The van der Waals surface area contributed by atoms with E-state index in [1.54, 1.807) is 0 Å². The molecule has 3 rings (SSSR count). The lowest BCUT2D eigenvalue weighted by molar-refractivity contribution is -0.151. The lowest BCUT2D eigenvalue weighted by atomic mass is 9.46. The lowest BCUT2D eigenvalue weighted by Gasteiger charge is -2.59. The zero-order chi connectivity index (χ0) is 18.4. The summed E-state index contributed by atoms with van der Waals surface area (Å²) < 4.78 is 4.90. The first kappa shape index (κ1) is 18.6. The Morgan fingerprint density at radius 1 is 1.32 bits per heavy atom. The maximum absolute atomic E-state index is 11.8. The van der Waals surface area contributed by atoms with Crippen molar-refractivity contribution in [2.45, 2.75) is 58.2 Å². The Labute approximate surface area is 149 Å². The van der Waals surface area contributed by atoms with E-state index in [9.17, 15) is 20.1 Å². The number of hydrogen-bond donors (Lipinski definition) is 3. The smallest absolute Gasteiger partial charge is 0.336 e. The van der Waals surface area contributed by atoms with E-state index in [0.717, 1.165) is 24.8 Å². The van der Waals surface area contributed by atoms with Crippen LogP contribution in [0.25, 0.3) is 0 Å². The maximum Gasteiger partial charge on any atom is 0.336 e. The summed E-state index contributed by atoms with van der Waals surface area (Å²) in [5.74, 6) is -0.0734. The molecule has 3 fully saturated rings. The van der Waals surface area contributed by atoms with Crippen molar-refractivity contribution in [3.63, 3.8) is 0 Å². The largest absolute Gasteiger partial charge is 0.459 e. The number of carbonyl (C=O) groups excluding carboxylic acids is 1. The summed E-state index contributed by atoms with van der Waals surface area (Å²) in [5, 5.41) is 30.4. The van der Waals surface area contributed by atoms with E-state index in [0.29, 0.717) is 18.4 Å². The molecule has 0 spiro atoms. The fourth-order valence-electron chi connectivity index (χ4n) is 5.56. The summed E-state index contributed by atoms with van der Waals surface area (Å²) in [5.41, 5.74) is 0.911. The first-order valence-electron chi connectivity index (χ1n) is 9.26. The van der Waals surface area contributed by atoms with Crippen LogP contribution < -0.4 is 0 Å². The Kier molecular flexibility index (Phi) is 4.86. The minimum Gasteiger partial charge on any atom is -0.459 e. The maximum atomic E-state index is 11.8. The van der Waals surface area contributed by atoms with Crippen LogP contribution in [0.2, 0.25) is 0 Å². The van der Waals surface area contributed by atoms with Gasteiger partial charge in [0.25, 0.3) is 0 Å². The molecule has 3 N–H and O–H groups in total. The fraction of sp³-hybridized carbons (Fsp3) is 0.750. The zero-order valence-corrected chi connectivity index (χ0v) is 15.2. The standard InChI is InChI=1S/C20H30O5/c1-12-4-7-16-19(2,9-8-17(23)20(16,3)11-21)14(12)6-5-13-15(22)10-25-18(13)24/h5,14-17,21-23H,1,4,6-11H2,2-3H3/b13-5-/t14-,15+,16+,17+,19-,20+/m1/s1. The second-order valence-corrected chi connectivity index (χ2v) is 8.54. The fourth-order valence-corrected chi connectivity index (χ4v) is 5.56. The molecule has 0 aromatic carbocycles. The molecule has 25 heavy (non-hydrogen) atoms. The Morgan fingerprint density at radius 3 is 2.64 bits per heavy atom. The molecule has 3 aliphatic rings. The third kappa shape index (κ3) is 2.86. The third-order valence-corrected chi connectivity index (χ3v) is 7.23. The van der Waals surface area contributed by atoms with Crippen LogP contribution in [0.15, 0.2) is 23.8 Å². The highest BCUT2D eigenvalue weighted by Gasteiger charge is 2.57. The van der Waals surface area contributed by atoms with Gasteiger partial charge in [0, 0.05) is 5.41 Å². The first-order chi connectivity index (χ1) is 11.7. The van der Waals surface area contributed by atoms with Gasteiger partial charge in [-0.3, -0.25) is 0 Å². The second kappa shape index (κ2) is 6.53. The van der Waals surface area contributed by atoms with Gasteiger partial charge in [0.05, 0.1) is 18.3 Å². The molecule has 2 aliphatic carbocycles. The van der Waals surface area contributed by atoms with Crippen LogP contribution in [0.1, 0.15) is 46.0 Å². The van der Waals surface area contributed by atoms with Gasteiger partial charge in [-0.15, -0.1) is 0 Å². The van der Waals surface area contributed by atoms with E-state index < -0.39 is 23.6 Å². The van der Waals surface area contributed by atoms with E-state index in [-0.39, 0.29) is 30.5 Å². The summed E-state index contributed by atoms with van der Waals surface area (Å²) in [6, 6.07) is 0. The van der Waals surface area contributed by atoms with E-state index in [2.05, 4.69) is 13.5 Å². The monoisotopic (exact) mass is 350 g/mol. The van der Waals surface area contributed by atoms with Crippen LogP contribution in [0.4, 0.5) is 0 Å². The molecule has 140 valence electrons. The highest BCUT2D eigenvalue weighted by atomic mass is 16.6. The Morgan fingerprint density at radius 2 is 2.04 bits per heavy atom. The minimum absolute atomic E-state index is 0.0280. The number of aliphatic hydroxyl groups is 3. The molecule has 0 bridgehead atoms. The summed E-state index contributed by atoms with van der Waals surface area (Å²) in [4.78, 5) is 11.8. The summed E-state index contributed by atoms with van der Waals surface area (Å²) >= 11 is 0. The number of carbonyl (C=O) groups is 1.